The van der Waals surface area contributed by atoms with Gasteiger partial charge in [0.2, 0.25) is 0 Å². The molecule has 0 fully saturated rings. The Hall–Kier alpha value is -1.82. The normalized spacial score (nSPS) is 11.4. The molecule has 7 heteroatoms. The van der Waals surface area contributed by atoms with Crippen molar-refractivity contribution in [2.75, 3.05) is 0 Å². The second-order valence-electron chi connectivity index (χ2n) is 3.77. The number of aryl methyl sites for hydroxylation is 1. The number of nitrogens with zero attached hydrogens (tertiary/aromatic N) is 2. The van der Waals surface area contributed by atoms with E-state index in [-0.39, 0.29) is 10.9 Å². The maximum absolute atomic E-state index is 12.0. The molecule has 0 amide bonds. The predicted molar refractivity (Wildman–Crippen MR) is 63.9 cm³/mol. The number of rotatable bonds is 2. The van der Waals surface area contributed by atoms with Gasteiger partial charge in [0.1, 0.15) is 5.75 Å². The molecule has 0 spiro atoms. The molecule has 0 aliphatic carbocycles. The topological polar surface area (TPSA) is 35.0 Å². The van der Waals surface area contributed by atoms with Crippen LogP contribution in [0.2, 0.25) is 5.15 Å². The third kappa shape index (κ3) is 3.57. The fourth-order valence-electron chi connectivity index (χ4n) is 1.55. The first kappa shape index (κ1) is 13.6. The van der Waals surface area contributed by atoms with Crippen LogP contribution in [0.3, 0.4) is 0 Å². The van der Waals surface area contributed by atoms with Crippen molar-refractivity contribution in [2.24, 2.45) is 0 Å². The molecule has 0 unspecified atom stereocenters. The number of hydrogen-bond acceptors (Lipinski definition) is 3. The van der Waals surface area contributed by atoms with E-state index < -0.39 is 6.36 Å². The molecule has 100 valence electrons. The molecule has 0 aliphatic rings. The van der Waals surface area contributed by atoms with E-state index in [0.717, 1.165) is 5.56 Å². The van der Waals surface area contributed by atoms with Gasteiger partial charge in [0.25, 0.3) is 0 Å². The number of benzene rings is 1. The van der Waals surface area contributed by atoms with Crippen LogP contribution in [-0.2, 0) is 0 Å². The summed E-state index contributed by atoms with van der Waals surface area (Å²) in [5.74, 6) is -0.282. The molecule has 1 aromatic heterocycles. The highest BCUT2D eigenvalue weighted by atomic mass is 35.5. The monoisotopic (exact) mass is 288 g/mol. The summed E-state index contributed by atoms with van der Waals surface area (Å²) >= 11 is 5.68. The Morgan fingerprint density at radius 3 is 2.26 bits per heavy atom. The van der Waals surface area contributed by atoms with Crippen LogP contribution in [0, 0.1) is 6.92 Å². The zero-order valence-corrected chi connectivity index (χ0v) is 10.5. The van der Waals surface area contributed by atoms with Crippen LogP contribution in [-0.4, -0.2) is 16.6 Å². The van der Waals surface area contributed by atoms with Crippen molar-refractivity contribution in [3.63, 3.8) is 0 Å². The van der Waals surface area contributed by atoms with Crippen molar-refractivity contribution in [1.29, 1.82) is 0 Å². The van der Waals surface area contributed by atoms with Crippen LogP contribution >= 0.6 is 11.6 Å². The summed E-state index contributed by atoms with van der Waals surface area (Å²) in [6.45, 7) is 1.79. The van der Waals surface area contributed by atoms with Gasteiger partial charge in [-0.3, -0.25) is 0 Å². The molecule has 0 saturated heterocycles. The fourth-order valence-corrected chi connectivity index (χ4v) is 1.75. The van der Waals surface area contributed by atoms with Gasteiger partial charge < -0.3 is 4.74 Å². The van der Waals surface area contributed by atoms with E-state index in [1.54, 1.807) is 13.0 Å². The van der Waals surface area contributed by atoms with E-state index in [2.05, 4.69) is 14.9 Å². The molecule has 0 aliphatic heterocycles. The van der Waals surface area contributed by atoms with Gasteiger partial charge in [-0.2, -0.15) is 0 Å². The lowest BCUT2D eigenvalue weighted by atomic mass is 10.1. The Morgan fingerprint density at radius 1 is 1.11 bits per heavy atom. The van der Waals surface area contributed by atoms with Crippen molar-refractivity contribution in [3.05, 3.63) is 41.0 Å². The van der Waals surface area contributed by atoms with Crippen molar-refractivity contribution in [3.8, 4) is 17.0 Å². The first-order valence-electron chi connectivity index (χ1n) is 5.21. The Balaban J connectivity index is 2.27. The van der Waals surface area contributed by atoms with Crippen molar-refractivity contribution in [2.45, 2.75) is 13.3 Å². The maximum Gasteiger partial charge on any atom is 0.573 e. The van der Waals surface area contributed by atoms with Gasteiger partial charge in [-0.25, -0.2) is 0 Å². The highest BCUT2D eigenvalue weighted by Gasteiger charge is 2.30. The Bertz CT molecular complexity index is 585. The molecule has 3 nitrogen and oxygen atoms in total. The standard InChI is InChI=1S/C12H8ClF3N2O/c1-7-6-10(13)17-18-11(7)8-2-4-9(5-3-8)19-12(14,15)16/h2-6H,1H3. The lowest BCUT2D eigenvalue weighted by Gasteiger charge is -2.09. The molecule has 0 saturated carbocycles. The quantitative estimate of drug-likeness (QED) is 0.837. The molecule has 0 atom stereocenters. The zero-order valence-electron chi connectivity index (χ0n) is 9.70. The Labute approximate surface area is 112 Å². The maximum atomic E-state index is 12.0. The third-order valence-electron chi connectivity index (χ3n) is 2.32. The molecule has 0 N–H and O–H groups in total. The summed E-state index contributed by atoms with van der Waals surface area (Å²) < 4.78 is 39.8. The van der Waals surface area contributed by atoms with Crippen LogP contribution in [0.25, 0.3) is 11.3 Å². The van der Waals surface area contributed by atoms with Crippen LogP contribution in [0.4, 0.5) is 13.2 Å². The summed E-state index contributed by atoms with van der Waals surface area (Å²) in [5.41, 5.74) is 1.98. The van der Waals surface area contributed by atoms with E-state index in [4.69, 9.17) is 11.6 Å². The van der Waals surface area contributed by atoms with Gasteiger partial charge in [-0.15, -0.1) is 23.4 Å². The Kier molecular flexibility index (Phi) is 3.61. The highest BCUT2D eigenvalue weighted by molar-refractivity contribution is 6.29. The molecular weight excluding hydrogens is 281 g/mol. The second kappa shape index (κ2) is 5.05. The van der Waals surface area contributed by atoms with Gasteiger partial charge in [0.05, 0.1) is 5.69 Å². The lowest BCUT2D eigenvalue weighted by molar-refractivity contribution is -0.274. The van der Waals surface area contributed by atoms with Crippen molar-refractivity contribution >= 4 is 11.6 Å². The fraction of sp³-hybridized carbons (Fsp3) is 0.167. The second-order valence-corrected chi connectivity index (χ2v) is 4.16. The summed E-state index contributed by atoms with van der Waals surface area (Å²) in [4.78, 5) is 0. The summed E-state index contributed by atoms with van der Waals surface area (Å²) in [5, 5.41) is 7.87. The lowest BCUT2D eigenvalue weighted by Crippen LogP contribution is -2.16. The number of halogens is 4. The van der Waals surface area contributed by atoms with E-state index in [1.807, 2.05) is 0 Å². The highest BCUT2D eigenvalue weighted by Crippen LogP contribution is 2.27. The SMILES string of the molecule is Cc1cc(Cl)nnc1-c1ccc(OC(F)(F)F)cc1. The van der Waals surface area contributed by atoms with Gasteiger partial charge in [0, 0.05) is 5.56 Å². The molecular formula is C12H8ClF3N2O. The number of alkyl halides is 3. The van der Waals surface area contributed by atoms with E-state index in [9.17, 15) is 13.2 Å². The smallest absolute Gasteiger partial charge is 0.406 e. The minimum absolute atomic E-state index is 0.262. The van der Waals surface area contributed by atoms with Crippen LogP contribution in [0.15, 0.2) is 30.3 Å². The van der Waals surface area contributed by atoms with E-state index >= 15 is 0 Å². The molecule has 2 rings (SSSR count). The van der Waals surface area contributed by atoms with Gasteiger partial charge in [-0.05, 0) is 42.8 Å². The van der Waals surface area contributed by atoms with Gasteiger partial charge in [-0.1, -0.05) is 11.6 Å². The number of hydrogen-bond donors (Lipinski definition) is 0. The van der Waals surface area contributed by atoms with Crippen LogP contribution in [0.1, 0.15) is 5.56 Å². The van der Waals surface area contributed by atoms with Crippen LogP contribution in [0.5, 0.6) is 5.75 Å². The molecule has 1 aromatic carbocycles. The molecule has 0 radical (unpaired) electrons. The minimum atomic E-state index is -4.70. The minimum Gasteiger partial charge on any atom is -0.406 e. The van der Waals surface area contributed by atoms with Gasteiger partial charge >= 0.3 is 6.36 Å². The average molecular weight is 289 g/mol. The number of ether oxygens (including phenoxy) is 1. The average Bonchev–Trinajstić information content (AvgIpc) is 2.28. The Morgan fingerprint density at radius 2 is 1.74 bits per heavy atom. The summed E-state index contributed by atoms with van der Waals surface area (Å²) in [6, 6.07) is 7.03. The van der Waals surface area contributed by atoms with Crippen molar-refractivity contribution in [1.82, 2.24) is 10.2 Å². The first-order chi connectivity index (χ1) is 8.85. The van der Waals surface area contributed by atoms with Crippen LogP contribution < -0.4 is 4.74 Å². The number of aromatic nitrogens is 2. The van der Waals surface area contributed by atoms with Gasteiger partial charge in [0.15, 0.2) is 5.15 Å². The van der Waals surface area contributed by atoms with E-state index in [1.165, 1.54) is 24.3 Å². The van der Waals surface area contributed by atoms with E-state index in [0.29, 0.717) is 11.3 Å². The zero-order chi connectivity index (χ0) is 14.0. The third-order valence-corrected chi connectivity index (χ3v) is 2.50. The summed E-state index contributed by atoms with van der Waals surface area (Å²) in [6.07, 6.45) is -4.70. The first-order valence-corrected chi connectivity index (χ1v) is 5.59. The molecule has 19 heavy (non-hydrogen) atoms. The molecule has 2 aromatic rings. The largest absolute Gasteiger partial charge is 0.573 e. The summed E-state index contributed by atoms with van der Waals surface area (Å²) in [7, 11) is 0. The molecule has 0 bridgehead atoms. The van der Waals surface area contributed by atoms with Crippen molar-refractivity contribution < 1.29 is 17.9 Å². The predicted octanol–water partition coefficient (Wildman–Crippen LogP) is 4.00. The molecule has 1 heterocycles.